The Morgan fingerprint density at radius 3 is 2.28 bits per heavy atom. The fourth-order valence-electron chi connectivity index (χ4n) is 1.82. The summed E-state index contributed by atoms with van der Waals surface area (Å²) in [5, 5.41) is 3.03. The lowest BCUT2D eigenvalue weighted by Crippen LogP contribution is -2.49. The maximum Gasteiger partial charge on any atom is 0.409 e. The average Bonchev–Trinajstić information content (AvgIpc) is 2.29. The van der Waals surface area contributed by atoms with E-state index in [0.717, 1.165) is 12.8 Å². The predicted octanol–water partition coefficient (Wildman–Crippen LogP) is 1.77. The van der Waals surface area contributed by atoms with E-state index >= 15 is 0 Å². The predicted molar refractivity (Wildman–Crippen MR) is 69.2 cm³/mol. The highest BCUT2D eigenvalue weighted by atomic mass is 16.6. The molecule has 1 fully saturated rings. The van der Waals surface area contributed by atoms with Gasteiger partial charge in [-0.25, -0.2) is 4.79 Å². The SMILES string of the molecule is CCOC(=O)N1CCC(NC(=O)C(C)(C)C)CC1. The molecule has 0 bridgehead atoms. The van der Waals surface area contributed by atoms with Crippen LogP contribution in [0.1, 0.15) is 40.5 Å². The molecule has 0 aromatic heterocycles. The Hall–Kier alpha value is -1.26. The first kappa shape index (κ1) is 14.8. The number of hydrogen-bond donors (Lipinski definition) is 1. The summed E-state index contributed by atoms with van der Waals surface area (Å²) in [6, 6.07) is 0.169. The van der Waals surface area contributed by atoms with E-state index in [1.165, 1.54) is 0 Å². The Kier molecular flexibility index (Phi) is 4.99. The highest BCUT2D eigenvalue weighted by Crippen LogP contribution is 2.16. The van der Waals surface area contributed by atoms with Crippen molar-refractivity contribution >= 4 is 12.0 Å². The van der Waals surface area contributed by atoms with Crippen LogP contribution in [0.5, 0.6) is 0 Å². The van der Waals surface area contributed by atoms with Gasteiger partial charge in [-0.3, -0.25) is 4.79 Å². The van der Waals surface area contributed by atoms with E-state index in [1.54, 1.807) is 11.8 Å². The quantitative estimate of drug-likeness (QED) is 0.819. The van der Waals surface area contributed by atoms with Gasteiger partial charge in [0.1, 0.15) is 0 Å². The molecular formula is C13H24N2O3. The van der Waals surface area contributed by atoms with Crippen LogP contribution in [0.4, 0.5) is 4.79 Å². The van der Waals surface area contributed by atoms with Crippen molar-refractivity contribution in [3.05, 3.63) is 0 Å². The maximum absolute atomic E-state index is 11.8. The Morgan fingerprint density at radius 2 is 1.83 bits per heavy atom. The second-order valence-corrected chi connectivity index (χ2v) is 5.68. The van der Waals surface area contributed by atoms with Crippen molar-refractivity contribution < 1.29 is 14.3 Å². The Bertz CT molecular complexity index is 302. The van der Waals surface area contributed by atoms with Gasteiger partial charge >= 0.3 is 6.09 Å². The van der Waals surface area contributed by atoms with Gasteiger partial charge in [0.2, 0.25) is 5.91 Å². The number of amides is 2. The monoisotopic (exact) mass is 256 g/mol. The zero-order valence-corrected chi connectivity index (χ0v) is 11.8. The Labute approximate surface area is 109 Å². The van der Waals surface area contributed by atoms with E-state index in [0.29, 0.717) is 19.7 Å². The summed E-state index contributed by atoms with van der Waals surface area (Å²) in [6.45, 7) is 9.19. The minimum Gasteiger partial charge on any atom is -0.450 e. The molecule has 2 amide bonds. The molecule has 0 saturated carbocycles. The molecule has 0 spiro atoms. The molecule has 1 rings (SSSR count). The van der Waals surface area contributed by atoms with Gasteiger partial charge in [0.15, 0.2) is 0 Å². The van der Waals surface area contributed by atoms with Crippen molar-refractivity contribution in [1.82, 2.24) is 10.2 Å². The molecule has 1 aliphatic heterocycles. The number of likely N-dealkylation sites (tertiary alicyclic amines) is 1. The van der Waals surface area contributed by atoms with Crippen LogP contribution in [0.15, 0.2) is 0 Å². The fraction of sp³-hybridized carbons (Fsp3) is 0.846. The lowest BCUT2D eigenvalue weighted by Gasteiger charge is -2.33. The number of hydrogen-bond acceptors (Lipinski definition) is 3. The molecule has 1 heterocycles. The summed E-state index contributed by atoms with van der Waals surface area (Å²) in [6.07, 6.45) is 1.33. The number of rotatable bonds is 2. The summed E-state index contributed by atoms with van der Waals surface area (Å²) in [5.74, 6) is 0.0667. The molecule has 5 heteroatoms. The van der Waals surface area contributed by atoms with E-state index in [-0.39, 0.29) is 23.5 Å². The first-order valence-electron chi connectivity index (χ1n) is 6.57. The smallest absolute Gasteiger partial charge is 0.409 e. The van der Waals surface area contributed by atoms with Crippen molar-refractivity contribution in [2.75, 3.05) is 19.7 Å². The summed E-state index contributed by atoms with van der Waals surface area (Å²) in [7, 11) is 0. The number of nitrogens with zero attached hydrogens (tertiary/aromatic N) is 1. The van der Waals surface area contributed by atoms with Crippen LogP contribution in [-0.4, -0.2) is 42.6 Å². The zero-order valence-electron chi connectivity index (χ0n) is 11.8. The van der Waals surface area contributed by atoms with Crippen LogP contribution in [-0.2, 0) is 9.53 Å². The molecule has 0 aliphatic carbocycles. The molecule has 5 nitrogen and oxygen atoms in total. The van der Waals surface area contributed by atoms with E-state index in [9.17, 15) is 9.59 Å². The van der Waals surface area contributed by atoms with Gasteiger partial charge in [-0.15, -0.1) is 0 Å². The zero-order chi connectivity index (χ0) is 13.8. The molecule has 18 heavy (non-hydrogen) atoms. The first-order valence-corrected chi connectivity index (χ1v) is 6.57. The Balaban J connectivity index is 2.36. The van der Waals surface area contributed by atoms with Gasteiger partial charge in [-0.05, 0) is 19.8 Å². The van der Waals surface area contributed by atoms with Crippen LogP contribution < -0.4 is 5.32 Å². The maximum atomic E-state index is 11.8. The number of piperidine rings is 1. The standard InChI is InChI=1S/C13H24N2O3/c1-5-18-12(17)15-8-6-10(7-9-15)14-11(16)13(2,3)4/h10H,5-9H2,1-4H3,(H,14,16). The first-order chi connectivity index (χ1) is 8.34. The normalized spacial score (nSPS) is 17.4. The van der Waals surface area contributed by atoms with E-state index in [1.807, 2.05) is 20.8 Å². The van der Waals surface area contributed by atoms with Crippen molar-refractivity contribution in [2.24, 2.45) is 5.41 Å². The molecule has 0 radical (unpaired) electrons. The highest BCUT2D eigenvalue weighted by Gasteiger charge is 2.28. The second-order valence-electron chi connectivity index (χ2n) is 5.68. The molecule has 1 saturated heterocycles. The third-order valence-corrected chi connectivity index (χ3v) is 3.04. The minimum absolute atomic E-state index is 0.0667. The number of carbonyl (C=O) groups is 2. The van der Waals surface area contributed by atoms with Gasteiger partial charge in [-0.1, -0.05) is 20.8 Å². The number of carbonyl (C=O) groups excluding carboxylic acids is 2. The van der Waals surface area contributed by atoms with Crippen LogP contribution >= 0.6 is 0 Å². The minimum atomic E-state index is -0.363. The second kappa shape index (κ2) is 6.07. The molecular weight excluding hydrogens is 232 g/mol. The van der Waals surface area contributed by atoms with Crippen LogP contribution in [0, 0.1) is 5.41 Å². The highest BCUT2D eigenvalue weighted by molar-refractivity contribution is 5.81. The largest absolute Gasteiger partial charge is 0.450 e. The molecule has 1 aliphatic rings. The van der Waals surface area contributed by atoms with Gasteiger partial charge in [0.05, 0.1) is 6.61 Å². The third-order valence-electron chi connectivity index (χ3n) is 3.04. The Morgan fingerprint density at radius 1 is 1.28 bits per heavy atom. The molecule has 1 N–H and O–H groups in total. The lowest BCUT2D eigenvalue weighted by molar-refractivity contribution is -0.129. The van der Waals surface area contributed by atoms with Gasteiger partial charge in [0.25, 0.3) is 0 Å². The molecule has 0 atom stereocenters. The van der Waals surface area contributed by atoms with E-state index in [4.69, 9.17) is 4.74 Å². The summed E-state index contributed by atoms with van der Waals surface area (Å²) >= 11 is 0. The van der Waals surface area contributed by atoms with Crippen molar-refractivity contribution in [3.8, 4) is 0 Å². The van der Waals surface area contributed by atoms with Crippen molar-refractivity contribution in [1.29, 1.82) is 0 Å². The summed E-state index contributed by atoms with van der Waals surface area (Å²) in [4.78, 5) is 25.0. The van der Waals surface area contributed by atoms with Gasteiger partial charge in [0, 0.05) is 24.5 Å². The molecule has 0 unspecified atom stereocenters. The van der Waals surface area contributed by atoms with Gasteiger partial charge in [-0.2, -0.15) is 0 Å². The number of nitrogens with one attached hydrogen (secondary N) is 1. The summed E-state index contributed by atoms with van der Waals surface area (Å²) < 4.78 is 4.95. The van der Waals surface area contributed by atoms with Crippen LogP contribution in [0.3, 0.4) is 0 Å². The van der Waals surface area contributed by atoms with Crippen LogP contribution in [0.25, 0.3) is 0 Å². The average molecular weight is 256 g/mol. The van der Waals surface area contributed by atoms with Crippen molar-refractivity contribution in [3.63, 3.8) is 0 Å². The number of ether oxygens (including phenoxy) is 1. The van der Waals surface area contributed by atoms with Crippen molar-refractivity contribution in [2.45, 2.75) is 46.6 Å². The van der Waals surface area contributed by atoms with Gasteiger partial charge < -0.3 is 15.0 Å². The molecule has 0 aromatic rings. The topological polar surface area (TPSA) is 58.6 Å². The summed E-state index contributed by atoms with van der Waals surface area (Å²) in [5.41, 5.74) is -0.363. The molecule has 104 valence electrons. The van der Waals surface area contributed by atoms with E-state index in [2.05, 4.69) is 5.32 Å². The third kappa shape index (κ3) is 4.20. The molecule has 0 aromatic carbocycles. The van der Waals surface area contributed by atoms with Crippen LogP contribution in [0.2, 0.25) is 0 Å². The fourth-order valence-corrected chi connectivity index (χ4v) is 1.82. The lowest BCUT2D eigenvalue weighted by atomic mass is 9.94. The van der Waals surface area contributed by atoms with E-state index < -0.39 is 0 Å².